The number of primary amides is 1. The van der Waals surface area contributed by atoms with Gasteiger partial charge in [0.1, 0.15) is 22.9 Å². The third-order valence-corrected chi connectivity index (χ3v) is 6.60. The third-order valence-electron chi connectivity index (χ3n) is 6.60. The van der Waals surface area contributed by atoms with Gasteiger partial charge in [-0.25, -0.2) is 4.79 Å². The second kappa shape index (κ2) is 13.2. The molecule has 4 N–H and O–H groups in total. The van der Waals surface area contributed by atoms with Crippen LogP contribution in [-0.2, 0) is 32.8 Å². The lowest BCUT2D eigenvalue weighted by Gasteiger charge is -2.25. The Morgan fingerprint density at radius 2 is 1.80 bits per heavy atom. The van der Waals surface area contributed by atoms with Gasteiger partial charge in [-0.2, -0.15) is 0 Å². The molecule has 0 spiro atoms. The summed E-state index contributed by atoms with van der Waals surface area (Å²) >= 11 is 0. The van der Waals surface area contributed by atoms with Gasteiger partial charge in [-0.15, -0.1) is 17.0 Å². The average molecular weight is 634 g/mol. The summed E-state index contributed by atoms with van der Waals surface area (Å²) in [5.41, 5.74) is 7.16. The molecule has 0 aliphatic carbocycles. The minimum atomic E-state index is -0.811. The summed E-state index contributed by atoms with van der Waals surface area (Å²) in [4.78, 5) is 52.0. The largest absolute Gasteiger partial charge is 0.507 e. The number of hydrogen-bond acceptors (Lipinski definition) is 8. The molecule has 0 fully saturated rings. The van der Waals surface area contributed by atoms with Crippen LogP contribution in [-0.4, -0.2) is 71.1 Å². The zero-order valence-electron chi connectivity index (χ0n) is 24.1. The summed E-state index contributed by atoms with van der Waals surface area (Å²) in [7, 11) is 1.62. The zero-order valence-corrected chi connectivity index (χ0v) is 25.8. The molecule has 41 heavy (non-hydrogen) atoms. The number of benzene rings is 2. The van der Waals surface area contributed by atoms with Crippen LogP contribution in [0.3, 0.4) is 0 Å². The highest BCUT2D eigenvalue weighted by molar-refractivity contribution is 8.93. The smallest absolute Gasteiger partial charge is 0.342 e. The molecule has 2 aromatic rings. The lowest BCUT2D eigenvalue weighted by atomic mass is 9.83. The number of phenols is 1. The topological polar surface area (TPSA) is 163 Å². The lowest BCUT2D eigenvalue weighted by molar-refractivity contribution is -0.128. The summed E-state index contributed by atoms with van der Waals surface area (Å²) in [5, 5.41) is 19.6. The van der Waals surface area contributed by atoms with E-state index in [0.29, 0.717) is 27.8 Å². The molecule has 0 unspecified atom stereocenters. The molecule has 1 heterocycles. The standard InChI is InChI=1S/C29H36N4O7.BrH/c1-7-39-24-10-18-13-33(27(31)20(18)11-21(24)28(38)40-15-25(30)36)14-23(35)17-8-19(12-32(6)16(2)34)26(37)22(9-17)29(3,4)5;/h8-11,31,37H,7,12-15H2,1-6H3,(H2,30,36);1H. The number of halogens is 1. The SMILES string of the molecule is Br.CCOc1cc2c(cc1C(=O)OCC(N)=O)C(=N)N(CC(=O)c1cc(CN(C)C(C)=O)c(O)c(C(C)(C)C)c1)C2. The van der Waals surface area contributed by atoms with Crippen LogP contribution >= 0.6 is 17.0 Å². The van der Waals surface area contributed by atoms with Crippen LogP contribution in [0.25, 0.3) is 0 Å². The minimum Gasteiger partial charge on any atom is -0.507 e. The molecular weight excluding hydrogens is 596 g/mol. The van der Waals surface area contributed by atoms with E-state index in [9.17, 15) is 24.3 Å². The molecule has 222 valence electrons. The van der Waals surface area contributed by atoms with Crippen LogP contribution in [0.4, 0.5) is 0 Å². The first-order chi connectivity index (χ1) is 18.6. The van der Waals surface area contributed by atoms with Gasteiger partial charge >= 0.3 is 5.97 Å². The lowest BCUT2D eigenvalue weighted by Crippen LogP contribution is -2.30. The first kappa shape index (κ1) is 33.3. The molecule has 11 nitrogen and oxygen atoms in total. The predicted octanol–water partition coefficient (Wildman–Crippen LogP) is 3.31. The van der Waals surface area contributed by atoms with Crippen molar-refractivity contribution in [3.8, 4) is 11.5 Å². The van der Waals surface area contributed by atoms with Gasteiger partial charge in [0, 0.05) is 49.3 Å². The summed E-state index contributed by atoms with van der Waals surface area (Å²) in [6, 6.07) is 6.33. The number of ketones is 1. The van der Waals surface area contributed by atoms with Crippen molar-refractivity contribution in [3.05, 3.63) is 57.6 Å². The number of fused-ring (bicyclic) bond motifs is 1. The van der Waals surface area contributed by atoms with Gasteiger partial charge in [0.25, 0.3) is 5.91 Å². The second-order valence-corrected chi connectivity index (χ2v) is 10.8. The van der Waals surface area contributed by atoms with Gasteiger partial charge in [0.15, 0.2) is 12.4 Å². The number of ether oxygens (including phenoxy) is 2. The molecule has 3 rings (SSSR count). The molecule has 1 aliphatic heterocycles. The Morgan fingerprint density at radius 1 is 1.15 bits per heavy atom. The Hall–Kier alpha value is -3.93. The van der Waals surface area contributed by atoms with Crippen LogP contribution in [0, 0.1) is 5.41 Å². The number of nitrogens with one attached hydrogen (secondary N) is 1. The maximum Gasteiger partial charge on any atom is 0.342 e. The van der Waals surface area contributed by atoms with Gasteiger partial charge in [-0.05, 0) is 42.2 Å². The molecule has 0 saturated carbocycles. The molecule has 0 saturated heterocycles. The second-order valence-electron chi connectivity index (χ2n) is 10.8. The summed E-state index contributed by atoms with van der Waals surface area (Å²) in [6.07, 6.45) is 0. The number of nitrogens with two attached hydrogens (primary N) is 1. The fourth-order valence-electron chi connectivity index (χ4n) is 4.39. The first-order valence-corrected chi connectivity index (χ1v) is 12.8. The molecule has 12 heteroatoms. The molecule has 0 radical (unpaired) electrons. The number of carbonyl (C=O) groups is 4. The number of amidine groups is 1. The van der Waals surface area contributed by atoms with E-state index in [1.165, 1.54) is 17.9 Å². The summed E-state index contributed by atoms with van der Waals surface area (Å²) < 4.78 is 10.6. The number of phenolic OH excluding ortho intramolecular Hbond substituents is 1. The monoisotopic (exact) mass is 632 g/mol. The van der Waals surface area contributed by atoms with Gasteiger partial charge in [-0.1, -0.05) is 20.8 Å². The number of amides is 2. The molecule has 1 aliphatic rings. The zero-order chi connectivity index (χ0) is 29.9. The van der Waals surface area contributed by atoms with E-state index in [-0.39, 0.29) is 77.8 Å². The van der Waals surface area contributed by atoms with Crippen molar-refractivity contribution in [1.82, 2.24) is 9.80 Å². The first-order valence-electron chi connectivity index (χ1n) is 12.8. The van der Waals surface area contributed by atoms with E-state index < -0.39 is 23.9 Å². The van der Waals surface area contributed by atoms with E-state index in [1.807, 2.05) is 20.8 Å². The maximum atomic E-state index is 13.5. The van der Waals surface area contributed by atoms with Gasteiger partial charge in [0.05, 0.1) is 13.2 Å². The van der Waals surface area contributed by atoms with Gasteiger partial charge < -0.3 is 30.1 Å². The molecule has 2 aromatic carbocycles. The minimum absolute atomic E-state index is 0. The number of Topliss-reactive ketones (excluding diaryl/α,β-unsaturated/α-hetero) is 1. The van der Waals surface area contributed by atoms with E-state index in [0.717, 1.165) is 0 Å². The quantitative estimate of drug-likeness (QED) is 0.265. The van der Waals surface area contributed by atoms with E-state index >= 15 is 0 Å². The van der Waals surface area contributed by atoms with Crippen molar-refractivity contribution in [2.75, 3.05) is 26.8 Å². The van der Waals surface area contributed by atoms with Crippen molar-refractivity contribution >= 4 is 46.4 Å². The van der Waals surface area contributed by atoms with Crippen molar-refractivity contribution in [2.24, 2.45) is 5.73 Å². The van der Waals surface area contributed by atoms with E-state index in [2.05, 4.69) is 0 Å². The molecular formula is C29H37BrN4O7. The number of esters is 1. The third kappa shape index (κ3) is 7.63. The fraction of sp³-hybridized carbons (Fsp3) is 0.414. The fourth-order valence-corrected chi connectivity index (χ4v) is 4.39. The Morgan fingerprint density at radius 3 is 2.37 bits per heavy atom. The summed E-state index contributed by atoms with van der Waals surface area (Å²) in [6.45, 7) is 8.86. The maximum absolute atomic E-state index is 13.5. The average Bonchev–Trinajstić information content (AvgIpc) is 3.16. The van der Waals surface area contributed by atoms with Crippen LogP contribution in [0.15, 0.2) is 24.3 Å². The Kier molecular flexibility index (Phi) is 10.7. The highest BCUT2D eigenvalue weighted by Gasteiger charge is 2.31. The number of hydrogen-bond donors (Lipinski definition) is 3. The van der Waals surface area contributed by atoms with Crippen molar-refractivity contribution in [2.45, 2.75) is 53.1 Å². The number of rotatable bonds is 10. The van der Waals surface area contributed by atoms with Crippen molar-refractivity contribution in [1.29, 1.82) is 5.41 Å². The number of aromatic hydroxyl groups is 1. The van der Waals surface area contributed by atoms with E-state index in [1.54, 1.807) is 37.1 Å². The van der Waals surface area contributed by atoms with Crippen LogP contribution in [0.5, 0.6) is 11.5 Å². The van der Waals surface area contributed by atoms with Crippen molar-refractivity contribution < 1.29 is 33.8 Å². The molecule has 0 bridgehead atoms. The normalized spacial score (nSPS) is 12.3. The molecule has 2 amide bonds. The highest BCUT2D eigenvalue weighted by atomic mass is 79.9. The molecule has 0 aromatic heterocycles. The van der Waals surface area contributed by atoms with Crippen molar-refractivity contribution in [3.63, 3.8) is 0 Å². The number of carbonyl (C=O) groups excluding carboxylic acids is 4. The Labute approximate surface area is 249 Å². The van der Waals surface area contributed by atoms with Crippen LogP contribution < -0.4 is 10.5 Å². The Balaban J connectivity index is 0.00000588. The predicted molar refractivity (Wildman–Crippen MR) is 158 cm³/mol. The Bertz CT molecular complexity index is 1380. The van der Waals surface area contributed by atoms with Crippen LogP contribution in [0.1, 0.15) is 77.6 Å². The van der Waals surface area contributed by atoms with Crippen LogP contribution in [0.2, 0.25) is 0 Å². The van der Waals surface area contributed by atoms with Gasteiger partial charge in [0.2, 0.25) is 5.91 Å². The van der Waals surface area contributed by atoms with E-state index in [4.69, 9.17) is 20.6 Å². The molecule has 0 atom stereocenters. The highest BCUT2D eigenvalue weighted by Crippen LogP contribution is 2.36. The van der Waals surface area contributed by atoms with Gasteiger partial charge in [-0.3, -0.25) is 19.8 Å². The summed E-state index contributed by atoms with van der Waals surface area (Å²) in [5.74, 6) is -1.75. The number of nitrogens with zero attached hydrogens (tertiary/aromatic N) is 2.